The van der Waals surface area contributed by atoms with E-state index in [-0.39, 0.29) is 0 Å². The predicted octanol–water partition coefficient (Wildman–Crippen LogP) is 4.01. The number of carbonyl (C=O) groups is 1. The summed E-state index contributed by atoms with van der Waals surface area (Å²) < 4.78 is 6.43. The highest BCUT2D eigenvalue weighted by Gasteiger charge is 2.20. The van der Waals surface area contributed by atoms with Crippen molar-refractivity contribution >= 4 is 39.2 Å². The van der Waals surface area contributed by atoms with Gasteiger partial charge in [-0.15, -0.1) is 11.3 Å². The molecule has 0 unspecified atom stereocenters. The molecular weight excluding hydrogens is 292 g/mol. The van der Waals surface area contributed by atoms with Gasteiger partial charge in [0.15, 0.2) is 0 Å². The van der Waals surface area contributed by atoms with Gasteiger partial charge in [-0.05, 0) is 29.9 Å². The summed E-state index contributed by atoms with van der Waals surface area (Å²) in [6.45, 7) is 1.65. The van der Waals surface area contributed by atoms with Crippen LogP contribution in [0.25, 0.3) is 10.1 Å². The first-order valence-corrected chi connectivity index (χ1v) is 8.55. The van der Waals surface area contributed by atoms with Gasteiger partial charge in [0, 0.05) is 28.9 Å². The van der Waals surface area contributed by atoms with Crippen LogP contribution in [0.4, 0.5) is 0 Å². The van der Waals surface area contributed by atoms with Crippen molar-refractivity contribution in [2.45, 2.75) is 23.8 Å². The van der Waals surface area contributed by atoms with Crippen LogP contribution in [0.1, 0.15) is 28.1 Å². The van der Waals surface area contributed by atoms with E-state index in [2.05, 4.69) is 0 Å². The molecule has 1 N–H and O–H groups in total. The Labute approximate surface area is 125 Å². The summed E-state index contributed by atoms with van der Waals surface area (Å²) in [6.07, 6.45) is 2.13. The van der Waals surface area contributed by atoms with Crippen LogP contribution in [0.5, 0.6) is 0 Å². The minimum Gasteiger partial charge on any atom is -0.477 e. The molecule has 2 heterocycles. The van der Waals surface area contributed by atoms with E-state index in [1.165, 1.54) is 11.3 Å². The third-order valence-corrected chi connectivity index (χ3v) is 6.12. The first kappa shape index (κ1) is 13.9. The minimum atomic E-state index is -0.811. The van der Waals surface area contributed by atoms with Gasteiger partial charge in [-0.2, -0.15) is 11.8 Å². The Balaban J connectivity index is 1.84. The second-order valence-corrected chi connectivity index (χ2v) is 7.17. The number of hydrogen-bond acceptors (Lipinski definition) is 4. The standard InChI is InChI=1S/C15H16O3S2/c16-15(17)14-12(9-19-10-5-7-18-8-6-10)11-3-1-2-4-13(11)20-14/h1-4,10H,5-9H2,(H,16,17). The number of ether oxygens (including phenoxy) is 1. The lowest BCUT2D eigenvalue weighted by Gasteiger charge is -2.21. The monoisotopic (exact) mass is 308 g/mol. The van der Waals surface area contributed by atoms with Crippen LogP contribution in [-0.4, -0.2) is 29.5 Å². The molecule has 0 amide bonds. The van der Waals surface area contributed by atoms with Crippen molar-refractivity contribution in [1.29, 1.82) is 0 Å². The summed E-state index contributed by atoms with van der Waals surface area (Å²) in [4.78, 5) is 11.9. The fraction of sp³-hybridized carbons (Fsp3) is 0.400. The summed E-state index contributed by atoms with van der Waals surface area (Å²) >= 11 is 3.25. The molecule has 1 aliphatic rings. The van der Waals surface area contributed by atoms with E-state index in [0.717, 1.165) is 47.5 Å². The smallest absolute Gasteiger partial charge is 0.346 e. The van der Waals surface area contributed by atoms with Crippen molar-refractivity contribution in [3.63, 3.8) is 0 Å². The summed E-state index contributed by atoms with van der Waals surface area (Å²) in [7, 11) is 0. The maximum Gasteiger partial charge on any atom is 0.346 e. The number of benzene rings is 1. The fourth-order valence-electron chi connectivity index (χ4n) is 2.46. The number of hydrogen-bond donors (Lipinski definition) is 1. The van der Waals surface area contributed by atoms with E-state index in [1.807, 2.05) is 36.0 Å². The minimum absolute atomic E-state index is 0.491. The molecule has 106 valence electrons. The Morgan fingerprint density at radius 1 is 1.35 bits per heavy atom. The third-order valence-electron chi connectivity index (χ3n) is 3.52. The van der Waals surface area contributed by atoms with Gasteiger partial charge in [0.05, 0.1) is 0 Å². The Kier molecular flexibility index (Phi) is 4.29. The lowest BCUT2D eigenvalue weighted by molar-refractivity contribution is 0.0701. The largest absolute Gasteiger partial charge is 0.477 e. The molecule has 0 radical (unpaired) electrons. The van der Waals surface area contributed by atoms with Gasteiger partial charge >= 0.3 is 5.97 Å². The van der Waals surface area contributed by atoms with Gasteiger partial charge in [-0.3, -0.25) is 0 Å². The van der Waals surface area contributed by atoms with Gasteiger partial charge < -0.3 is 9.84 Å². The Hall–Kier alpha value is -1.04. The summed E-state index contributed by atoms with van der Waals surface area (Å²) in [5.74, 6) is -0.0372. The van der Waals surface area contributed by atoms with E-state index in [9.17, 15) is 9.90 Å². The molecule has 0 spiro atoms. The second-order valence-electron chi connectivity index (χ2n) is 4.83. The summed E-state index contributed by atoms with van der Waals surface area (Å²) in [6, 6.07) is 7.95. The second kappa shape index (κ2) is 6.16. The fourth-order valence-corrected chi connectivity index (χ4v) is 4.84. The average Bonchev–Trinajstić information content (AvgIpc) is 2.85. The summed E-state index contributed by atoms with van der Waals surface area (Å²) in [5.41, 5.74) is 0.981. The highest BCUT2D eigenvalue weighted by Crippen LogP contribution is 2.36. The van der Waals surface area contributed by atoms with Crippen LogP contribution in [0.2, 0.25) is 0 Å². The Morgan fingerprint density at radius 3 is 2.85 bits per heavy atom. The van der Waals surface area contributed by atoms with E-state index >= 15 is 0 Å². The Bertz CT molecular complexity index is 615. The van der Waals surface area contributed by atoms with Crippen molar-refractivity contribution < 1.29 is 14.6 Å². The van der Waals surface area contributed by atoms with Crippen LogP contribution in [0.15, 0.2) is 24.3 Å². The van der Waals surface area contributed by atoms with E-state index < -0.39 is 5.97 Å². The van der Waals surface area contributed by atoms with Crippen LogP contribution in [-0.2, 0) is 10.5 Å². The molecule has 0 aliphatic carbocycles. The topological polar surface area (TPSA) is 46.5 Å². The molecule has 1 saturated heterocycles. The number of rotatable bonds is 4. The van der Waals surface area contributed by atoms with Crippen molar-refractivity contribution in [2.24, 2.45) is 0 Å². The molecule has 0 atom stereocenters. The molecule has 1 aromatic heterocycles. The molecular formula is C15H16O3S2. The molecule has 1 fully saturated rings. The zero-order valence-corrected chi connectivity index (χ0v) is 12.6. The van der Waals surface area contributed by atoms with Crippen molar-refractivity contribution in [3.8, 4) is 0 Å². The molecule has 3 nitrogen and oxygen atoms in total. The maximum atomic E-state index is 11.4. The van der Waals surface area contributed by atoms with Gasteiger partial charge in [-0.1, -0.05) is 18.2 Å². The van der Waals surface area contributed by atoms with Gasteiger partial charge in [-0.25, -0.2) is 4.79 Å². The molecule has 20 heavy (non-hydrogen) atoms. The Morgan fingerprint density at radius 2 is 2.10 bits per heavy atom. The zero-order chi connectivity index (χ0) is 13.9. The molecule has 2 aromatic rings. The summed E-state index contributed by atoms with van der Waals surface area (Å²) in [5, 5.41) is 11.1. The van der Waals surface area contributed by atoms with Crippen molar-refractivity contribution in [2.75, 3.05) is 13.2 Å². The number of aromatic carboxylic acids is 1. The van der Waals surface area contributed by atoms with Crippen LogP contribution >= 0.6 is 23.1 Å². The van der Waals surface area contributed by atoms with Gasteiger partial charge in [0.1, 0.15) is 4.88 Å². The average molecular weight is 308 g/mol. The lowest BCUT2D eigenvalue weighted by Crippen LogP contribution is -2.17. The van der Waals surface area contributed by atoms with Crippen LogP contribution in [0, 0.1) is 0 Å². The van der Waals surface area contributed by atoms with Crippen molar-refractivity contribution in [1.82, 2.24) is 0 Å². The third kappa shape index (κ3) is 2.85. The van der Waals surface area contributed by atoms with Crippen LogP contribution in [0.3, 0.4) is 0 Å². The van der Waals surface area contributed by atoms with E-state index in [0.29, 0.717) is 10.1 Å². The van der Waals surface area contributed by atoms with E-state index in [4.69, 9.17) is 4.74 Å². The number of carboxylic acids is 1. The lowest BCUT2D eigenvalue weighted by atomic mass is 10.1. The molecule has 0 bridgehead atoms. The number of carboxylic acid groups (broad SMARTS) is 1. The molecule has 1 aromatic carbocycles. The first-order chi connectivity index (χ1) is 9.75. The quantitative estimate of drug-likeness (QED) is 0.927. The van der Waals surface area contributed by atoms with Crippen molar-refractivity contribution in [3.05, 3.63) is 34.7 Å². The molecule has 5 heteroatoms. The number of fused-ring (bicyclic) bond motifs is 1. The first-order valence-electron chi connectivity index (χ1n) is 6.69. The molecule has 0 saturated carbocycles. The SMILES string of the molecule is O=C(O)c1sc2ccccc2c1CSC1CCOCC1. The molecule has 3 rings (SSSR count). The highest BCUT2D eigenvalue weighted by atomic mass is 32.2. The molecule has 1 aliphatic heterocycles. The number of thioether (sulfide) groups is 1. The highest BCUT2D eigenvalue weighted by molar-refractivity contribution is 7.99. The van der Waals surface area contributed by atoms with Gasteiger partial charge in [0.2, 0.25) is 0 Å². The zero-order valence-electron chi connectivity index (χ0n) is 11.0. The maximum absolute atomic E-state index is 11.4. The van der Waals surface area contributed by atoms with Crippen LogP contribution < -0.4 is 0 Å². The number of thiophene rings is 1. The normalized spacial score (nSPS) is 16.6. The van der Waals surface area contributed by atoms with E-state index in [1.54, 1.807) is 0 Å². The predicted molar refractivity (Wildman–Crippen MR) is 83.9 cm³/mol. The van der Waals surface area contributed by atoms with Gasteiger partial charge in [0.25, 0.3) is 0 Å².